The van der Waals surface area contributed by atoms with Gasteiger partial charge >= 0.3 is 19.1 Å². The summed E-state index contributed by atoms with van der Waals surface area (Å²) in [6.45, 7) is 12.4. The number of benzene rings is 2. The van der Waals surface area contributed by atoms with Crippen molar-refractivity contribution in [3.05, 3.63) is 88.0 Å². The van der Waals surface area contributed by atoms with E-state index in [1.807, 2.05) is 31.2 Å². The quantitative estimate of drug-likeness (QED) is 0.223. The first kappa shape index (κ1) is 36.1. The molecule has 1 aliphatic heterocycles. The molecule has 4 N–H and O–H groups in total. The normalized spacial score (nSPS) is 14.2. The largest absolute Gasteiger partial charge is 0.494 e. The molecule has 2 aromatic carbocycles. The Kier molecular flexibility index (Phi) is 12.0. The van der Waals surface area contributed by atoms with Gasteiger partial charge in [-0.05, 0) is 62.9 Å². The van der Waals surface area contributed by atoms with Crippen LogP contribution in [0, 0.1) is 13.8 Å². The van der Waals surface area contributed by atoms with Gasteiger partial charge in [0.05, 0.1) is 43.5 Å². The van der Waals surface area contributed by atoms with Gasteiger partial charge in [0, 0.05) is 5.56 Å². The molecule has 0 saturated carbocycles. The van der Waals surface area contributed by atoms with Crippen LogP contribution in [0.3, 0.4) is 0 Å². The Morgan fingerprint density at radius 3 is 1.65 bits per heavy atom. The Morgan fingerprint density at radius 1 is 0.739 bits per heavy atom. The van der Waals surface area contributed by atoms with Gasteiger partial charge in [0.2, 0.25) is 0 Å². The lowest BCUT2D eigenvalue weighted by atomic mass is 9.79. The van der Waals surface area contributed by atoms with Crippen LogP contribution >= 0.6 is 15.9 Å². The maximum absolute atomic E-state index is 11.5. The SMILES string of the molecule is COC(=O)c1nc(-c2ccc(C)cc2)cnc1N.COC(=O)c1nc(Br)cnc1N.Cc1ccc(B2OC(C)(C)C(C)(C)O2)cc1. The summed E-state index contributed by atoms with van der Waals surface area (Å²) in [7, 11) is 2.29. The van der Waals surface area contributed by atoms with E-state index in [9.17, 15) is 9.59 Å². The van der Waals surface area contributed by atoms with Gasteiger partial charge in [-0.1, -0.05) is 59.7 Å². The summed E-state index contributed by atoms with van der Waals surface area (Å²) >= 11 is 3.06. The predicted molar refractivity (Wildman–Crippen MR) is 180 cm³/mol. The molecule has 0 atom stereocenters. The van der Waals surface area contributed by atoms with E-state index in [4.69, 9.17) is 20.8 Å². The second-order valence-electron chi connectivity index (χ2n) is 11.3. The van der Waals surface area contributed by atoms with Crippen molar-refractivity contribution < 1.29 is 28.4 Å². The zero-order valence-corrected chi connectivity index (χ0v) is 28.7. The Morgan fingerprint density at radius 2 is 1.17 bits per heavy atom. The van der Waals surface area contributed by atoms with Crippen molar-refractivity contribution in [1.82, 2.24) is 19.9 Å². The molecule has 0 aliphatic carbocycles. The Bertz CT molecular complexity index is 1650. The van der Waals surface area contributed by atoms with Crippen LogP contribution in [0.15, 0.2) is 65.5 Å². The number of esters is 2. The third kappa shape index (κ3) is 9.08. The number of rotatable bonds is 4. The highest BCUT2D eigenvalue weighted by atomic mass is 79.9. The van der Waals surface area contributed by atoms with Crippen LogP contribution in [0.4, 0.5) is 11.6 Å². The Labute approximate surface area is 277 Å². The summed E-state index contributed by atoms with van der Waals surface area (Å²) < 4.78 is 21.4. The van der Waals surface area contributed by atoms with Gasteiger partial charge in [-0.3, -0.25) is 0 Å². The van der Waals surface area contributed by atoms with Crippen molar-refractivity contribution in [2.45, 2.75) is 52.7 Å². The van der Waals surface area contributed by atoms with Crippen molar-refractivity contribution in [2.24, 2.45) is 0 Å². The molecular formula is C32H38BBrN6O6. The first-order valence-corrected chi connectivity index (χ1v) is 14.9. The van der Waals surface area contributed by atoms with E-state index in [0.29, 0.717) is 10.3 Å². The van der Waals surface area contributed by atoms with E-state index < -0.39 is 11.9 Å². The monoisotopic (exact) mass is 692 g/mol. The maximum Gasteiger partial charge on any atom is 0.494 e. The van der Waals surface area contributed by atoms with Gasteiger partial charge in [-0.25, -0.2) is 29.5 Å². The van der Waals surface area contributed by atoms with Gasteiger partial charge in [-0.15, -0.1) is 0 Å². The molecule has 5 rings (SSSR count). The van der Waals surface area contributed by atoms with Crippen molar-refractivity contribution >= 4 is 52.1 Å². The number of ether oxygens (including phenoxy) is 2. The van der Waals surface area contributed by atoms with E-state index in [1.165, 1.54) is 32.2 Å². The molecule has 46 heavy (non-hydrogen) atoms. The predicted octanol–water partition coefficient (Wildman–Crippen LogP) is 4.72. The van der Waals surface area contributed by atoms with E-state index in [1.54, 1.807) is 0 Å². The molecule has 4 aromatic rings. The number of nitrogens with zero attached hydrogens (tertiary/aromatic N) is 4. The maximum atomic E-state index is 11.5. The lowest BCUT2D eigenvalue weighted by Crippen LogP contribution is -2.41. The molecule has 1 fully saturated rings. The van der Waals surface area contributed by atoms with Crippen molar-refractivity contribution in [2.75, 3.05) is 25.7 Å². The molecule has 14 heteroatoms. The number of hydrogen-bond donors (Lipinski definition) is 2. The van der Waals surface area contributed by atoms with Crippen molar-refractivity contribution in [1.29, 1.82) is 0 Å². The highest BCUT2D eigenvalue weighted by Gasteiger charge is 2.51. The van der Waals surface area contributed by atoms with Gasteiger partial charge < -0.3 is 30.2 Å². The molecule has 0 spiro atoms. The van der Waals surface area contributed by atoms with Crippen molar-refractivity contribution in [3.8, 4) is 11.3 Å². The fourth-order valence-electron chi connectivity index (χ4n) is 3.84. The molecule has 1 saturated heterocycles. The van der Waals surface area contributed by atoms with Crippen LogP contribution in [0.25, 0.3) is 11.3 Å². The second kappa shape index (κ2) is 15.3. The van der Waals surface area contributed by atoms with Crippen LogP contribution in [0.2, 0.25) is 0 Å². The standard InChI is InChI=1S/C13H19BO2.C13H13N3O2.C6H6BrN3O2/c1-10-6-8-11(9-7-10)14-15-12(2,3)13(4,5)16-14;1-8-3-5-9(6-4-8)10-7-15-12(14)11(16-10)13(17)18-2;1-12-6(11)4-5(8)9-2-3(7)10-4/h6-9H,1-5H3;3-7H,1-2H3,(H2,14,15);2H,1H3,(H2,8,9). The van der Waals surface area contributed by atoms with Gasteiger partial charge in [-0.2, -0.15) is 0 Å². The summed E-state index contributed by atoms with van der Waals surface area (Å²) in [5, 5.41) is 0. The molecule has 0 radical (unpaired) electrons. The average Bonchev–Trinajstić information content (AvgIpc) is 3.25. The summed E-state index contributed by atoms with van der Waals surface area (Å²) in [4.78, 5) is 38.1. The Hall–Kier alpha value is -4.40. The first-order chi connectivity index (χ1) is 21.6. The number of carbonyl (C=O) groups is 2. The number of methoxy groups -OCH3 is 2. The van der Waals surface area contributed by atoms with Crippen LogP contribution < -0.4 is 16.9 Å². The number of nitrogens with two attached hydrogens (primary N) is 2. The fourth-order valence-corrected chi connectivity index (χ4v) is 4.11. The third-order valence-electron chi connectivity index (χ3n) is 7.28. The number of aryl methyl sites for hydroxylation is 2. The first-order valence-electron chi connectivity index (χ1n) is 14.1. The molecule has 1 aliphatic rings. The zero-order chi connectivity index (χ0) is 34.2. The molecular weight excluding hydrogens is 655 g/mol. The highest BCUT2D eigenvalue weighted by molar-refractivity contribution is 9.10. The highest BCUT2D eigenvalue weighted by Crippen LogP contribution is 2.36. The summed E-state index contributed by atoms with van der Waals surface area (Å²) in [6.07, 6.45) is 2.94. The van der Waals surface area contributed by atoms with Gasteiger partial charge in [0.1, 0.15) is 4.60 Å². The molecule has 242 valence electrons. The van der Waals surface area contributed by atoms with Crippen LogP contribution in [-0.2, 0) is 18.8 Å². The summed E-state index contributed by atoms with van der Waals surface area (Å²) in [6, 6.07) is 16.1. The lowest BCUT2D eigenvalue weighted by molar-refractivity contribution is 0.00578. The number of aromatic nitrogens is 4. The average molecular weight is 693 g/mol. The minimum Gasteiger partial charge on any atom is -0.464 e. The number of halogens is 1. The molecule has 0 unspecified atom stereocenters. The number of anilines is 2. The molecule has 12 nitrogen and oxygen atoms in total. The van der Waals surface area contributed by atoms with Crippen LogP contribution in [0.1, 0.15) is 59.8 Å². The number of carbonyl (C=O) groups excluding carboxylic acids is 2. The van der Waals surface area contributed by atoms with Gasteiger partial charge in [0.15, 0.2) is 23.0 Å². The number of hydrogen-bond acceptors (Lipinski definition) is 12. The molecule has 0 amide bonds. The fraction of sp³-hybridized carbons (Fsp3) is 0.312. The minimum absolute atomic E-state index is 0.0203. The summed E-state index contributed by atoms with van der Waals surface area (Å²) in [5.74, 6) is -1.06. The topological polar surface area (TPSA) is 175 Å². The van der Waals surface area contributed by atoms with Gasteiger partial charge in [0.25, 0.3) is 0 Å². The smallest absolute Gasteiger partial charge is 0.464 e. The van der Waals surface area contributed by atoms with E-state index in [2.05, 4.69) is 104 Å². The molecule has 3 heterocycles. The molecule has 2 aromatic heterocycles. The molecule has 0 bridgehead atoms. The van der Waals surface area contributed by atoms with E-state index >= 15 is 0 Å². The minimum atomic E-state index is -0.596. The van der Waals surface area contributed by atoms with E-state index in [0.717, 1.165) is 16.6 Å². The second-order valence-corrected chi connectivity index (χ2v) is 12.1. The number of nitrogen functional groups attached to an aromatic ring is 2. The third-order valence-corrected chi connectivity index (χ3v) is 7.66. The van der Waals surface area contributed by atoms with Crippen molar-refractivity contribution in [3.63, 3.8) is 0 Å². The Balaban J connectivity index is 0.000000192. The summed E-state index contributed by atoms with van der Waals surface area (Å²) in [5.41, 5.74) is 15.4. The lowest BCUT2D eigenvalue weighted by Gasteiger charge is -2.32. The van der Waals surface area contributed by atoms with E-state index in [-0.39, 0.29) is 41.3 Å². The zero-order valence-electron chi connectivity index (χ0n) is 27.1. The van der Waals surface area contributed by atoms with Crippen LogP contribution in [0.5, 0.6) is 0 Å². The van der Waals surface area contributed by atoms with Crippen LogP contribution in [-0.4, -0.2) is 64.4 Å².